The molecule has 2 aliphatic rings. The van der Waals surface area contributed by atoms with Gasteiger partial charge in [0.25, 0.3) is 0 Å². The molecule has 0 aliphatic heterocycles. The molecule has 2 unspecified atom stereocenters. The fourth-order valence-electron chi connectivity index (χ4n) is 5.86. The Labute approximate surface area is 329 Å². The quantitative estimate of drug-likeness (QED) is 0.121. The normalized spacial score (nSPS) is 15.1. The van der Waals surface area contributed by atoms with Crippen LogP contribution < -0.4 is 0 Å². The third-order valence-electron chi connectivity index (χ3n) is 7.90. The first-order chi connectivity index (χ1) is 23.5. The van der Waals surface area contributed by atoms with E-state index in [2.05, 4.69) is 156 Å². The third-order valence-corrected chi connectivity index (χ3v) is 7.90. The molecule has 0 spiro atoms. The van der Waals surface area contributed by atoms with Crippen LogP contribution in [-0.4, -0.2) is 6.88 Å². The first-order valence-corrected chi connectivity index (χ1v) is 20.4. The molecular formula is C46H42Cl2SiZr-4. The molecule has 50 heavy (non-hydrogen) atoms. The minimum Gasteiger partial charge on any atom is -0.184 e. The van der Waals surface area contributed by atoms with E-state index in [-0.39, 0.29) is 24.8 Å². The van der Waals surface area contributed by atoms with Crippen LogP contribution in [0.1, 0.15) is 38.8 Å². The first-order valence-electron chi connectivity index (χ1n) is 16.2. The summed E-state index contributed by atoms with van der Waals surface area (Å²) in [5, 5.41) is 5.27. The maximum Gasteiger partial charge on any atom is -0.171 e. The number of benzene rings is 6. The molecule has 0 amide bonds. The summed E-state index contributed by atoms with van der Waals surface area (Å²) in [4.78, 5) is 0. The second kappa shape index (κ2) is 23.0. The Morgan fingerprint density at radius 1 is 0.460 bits per heavy atom. The van der Waals surface area contributed by atoms with Gasteiger partial charge in [-0.25, -0.2) is 11.1 Å². The Bertz CT molecular complexity index is 1800. The fourth-order valence-corrected chi connectivity index (χ4v) is 5.86. The van der Waals surface area contributed by atoms with Crippen molar-refractivity contribution in [2.45, 2.75) is 27.7 Å². The van der Waals surface area contributed by atoms with Crippen molar-refractivity contribution >= 4 is 64.4 Å². The molecule has 0 aromatic heterocycles. The SMILES string of the molecule is CC1=[C-]C(C)C=C1c1cccc2ccccc12.CC1=[C-]C(C)C=C1c1cccc2ccccc12.Cl.Cl.[Si]=[Zr].[c-]1ccccc1.[c-]1ccccc1. The largest absolute Gasteiger partial charge is 0.184 e. The van der Waals surface area contributed by atoms with E-state index < -0.39 is 0 Å². The Morgan fingerprint density at radius 3 is 1.08 bits per heavy atom. The summed E-state index contributed by atoms with van der Waals surface area (Å²) in [5.74, 6) is 0.868. The van der Waals surface area contributed by atoms with Crippen molar-refractivity contribution in [3.63, 3.8) is 0 Å². The molecule has 252 valence electrons. The zero-order chi connectivity index (χ0) is 34.1. The Kier molecular flexibility index (Phi) is 19.7. The molecule has 2 aliphatic carbocycles. The van der Waals surface area contributed by atoms with Gasteiger partial charge in [-0.3, -0.25) is 12.2 Å². The van der Waals surface area contributed by atoms with Gasteiger partial charge in [0, 0.05) is 0 Å². The van der Waals surface area contributed by atoms with Crippen molar-refractivity contribution in [2.75, 3.05) is 0 Å². The van der Waals surface area contributed by atoms with Crippen molar-refractivity contribution < 1.29 is 23.3 Å². The number of hydrogen-bond donors (Lipinski definition) is 0. The van der Waals surface area contributed by atoms with Gasteiger partial charge in [-0.1, -0.05) is 136 Å². The maximum absolute atomic E-state index is 3.45. The maximum atomic E-state index is 3.45. The molecule has 0 heterocycles. The van der Waals surface area contributed by atoms with Crippen molar-refractivity contribution in [3.05, 3.63) is 204 Å². The van der Waals surface area contributed by atoms with E-state index in [1.165, 1.54) is 78.3 Å². The van der Waals surface area contributed by atoms with Gasteiger partial charge in [0.2, 0.25) is 0 Å². The van der Waals surface area contributed by atoms with E-state index in [0.29, 0.717) is 11.8 Å². The van der Waals surface area contributed by atoms with Crippen molar-refractivity contribution in [1.82, 2.24) is 0 Å². The molecule has 4 heteroatoms. The van der Waals surface area contributed by atoms with E-state index in [9.17, 15) is 0 Å². The Hall–Kier alpha value is -3.52. The average Bonchev–Trinajstić information content (AvgIpc) is 3.68. The summed E-state index contributed by atoms with van der Waals surface area (Å²) < 4.78 is 0. The minimum absolute atomic E-state index is 0. The van der Waals surface area contributed by atoms with Crippen LogP contribution in [0, 0.1) is 36.1 Å². The van der Waals surface area contributed by atoms with Gasteiger partial charge in [0.1, 0.15) is 0 Å². The predicted octanol–water partition coefficient (Wildman–Crippen LogP) is 12.7. The summed E-state index contributed by atoms with van der Waals surface area (Å²) in [7, 11) is 0. The summed E-state index contributed by atoms with van der Waals surface area (Å²) in [5.41, 5.74) is 7.89. The predicted molar refractivity (Wildman–Crippen MR) is 218 cm³/mol. The summed E-state index contributed by atoms with van der Waals surface area (Å²) >= 11 is 1.36. The summed E-state index contributed by atoms with van der Waals surface area (Å²) in [6, 6.07) is 55.1. The standard InChI is InChI=1S/2C17H15.2C6H5.2ClH.Si.Zr/c2*1-12-10-13(2)17(11-12)16-9-5-7-14-6-3-4-8-15(14)16;2*1-2-4-6-5-3-1;;;;/h2*3-9,11-12H,1-2H3;2*1-5H;2*1H;;/q4*-1;;;;. The summed E-state index contributed by atoms with van der Waals surface area (Å²) in [6.45, 7) is 11.7. The molecule has 6 aromatic rings. The van der Waals surface area contributed by atoms with E-state index in [1.54, 1.807) is 0 Å². The van der Waals surface area contributed by atoms with E-state index in [4.69, 9.17) is 0 Å². The number of allylic oxidation sites excluding steroid dienone is 8. The number of halogens is 2. The number of fused-ring (bicyclic) bond motifs is 2. The monoisotopic (exact) mass is 782 g/mol. The number of hydrogen-bond acceptors (Lipinski definition) is 0. The molecule has 0 saturated carbocycles. The molecule has 0 fully saturated rings. The van der Waals surface area contributed by atoms with Crippen LogP contribution in [0.5, 0.6) is 0 Å². The van der Waals surface area contributed by atoms with Crippen LogP contribution in [0.2, 0.25) is 0 Å². The topological polar surface area (TPSA) is 0 Å². The first kappa shape index (κ1) is 42.6. The van der Waals surface area contributed by atoms with Crippen LogP contribution in [0.15, 0.2) is 169 Å². The van der Waals surface area contributed by atoms with Crippen LogP contribution in [0.4, 0.5) is 0 Å². The van der Waals surface area contributed by atoms with E-state index in [1.807, 2.05) is 60.7 Å². The van der Waals surface area contributed by atoms with Gasteiger partial charge in [0.05, 0.1) is 0 Å². The smallest absolute Gasteiger partial charge is 0.171 e. The van der Waals surface area contributed by atoms with Crippen LogP contribution in [0.3, 0.4) is 0 Å². The van der Waals surface area contributed by atoms with Crippen molar-refractivity contribution in [1.29, 1.82) is 0 Å². The minimum atomic E-state index is 0. The molecule has 6 aromatic carbocycles. The molecular weight excluding hydrogens is 743 g/mol. The number of rotatable bonds is 2. The van der Waals surface area contributed by atoms with Crippen LogP contribution in [-0.2, 0) is 23.3 Å². The fraction of sp³-hybridized carbons (Fsp3) is 0.130. The molecule has 0 bridgehead atoms. The van der Waals surface area contributed by atoms with E-state index >= 15 is 0 Å². The molecule has 8 rings (SSSR count). The van der Waals surface area contributed by atoms with Crippen LogP contribution in [0.25, 0.3) is 32.7 Å². The Balaban J connectivity index is 0.000000246. The van der Waals surface area contributed by atoms with Gasteiger partial charge in [-0.05, 0) is 21.5 Å². The molecule has 2 atom stereocenters. The third kappa shape index (κ3) is 12.4. The second-order valence-electron chi connectivity index (χ2n) is 11.5. The molecule has 0 saturated heterocycles. The molecule has 0 N–H and O–H groups in total. The molecule has 2 radical (unpaired) electrons. The average molecular weight is 785 g/mol. The van der Waals surface area contributed by atoms with Gasteiger partial charge in [-0.2, -0.15) is 96.1 Å². The molecule has 0 nitrogen and oxygen atoms in total. The van der Waals surface area contributed by atoms with Crippen molar-refractivity contribution in [2.24, 2.45) is 11.8 Å². The van der Waals surface area contributed by atoms with Gasteiger partial charge >= 0.3 is 30.2 Å². The van der Waals surface area contributed by atoms with Crippen molar-refractivity contribution in [3.8, 4) is 0 Å². The zero-order valence-corrected chi connectivity index (χ0v) is 34.1. The van der Waals surface area contributed by atoms with E-state index in [0.717, 1.165) is 0 Å². The van der Waals surface area contributed by atoms with Gasteiger partial charge in [0.15, 0.2) is 0 Å². The van der Waals surface area contributed by atoms with Gasteiger partial charge < -0.3 is 0 Å². The van der Waals surface area contributed by atoms with Crippen LogP contribution >= 0.6 is 24.8 Å². The summed E-state index contributed by atoms with van der Waals surface area (Å²) in [6.07, 6.45) is 11.5. The zero-order valence-electron chi connectivity index (χ0n) is 29.0. The van der Waals surface area contributed by atoms with Gasteiger partial charge in [-0.15, -0.1) is 24.8 Å². The second-order valence-corrected chi connectivity index (χ2v) is 11.5. The Morgan fingerprint density at radius 2 is 0.800 bits per heavy atom.